The number of hydrogen-bond acceptors (Lipinski definition) is 4. The van der Waals surface area contributed by atoms with Crippen LogP contribution in [0.3, 0.4) is 0 Å². The van der Waals surface area contributed by atoms with Crippen molar-refractivity contribution in [2.45, 2.75) is 11.8 Å². The average molecular weight is 339 g/mol. The summed E-state index contributed by atoms with van der Waals surface area (Å²) in [7, 11) is -2.17. The Morgan fingerprint density at radius 1 is 1.09 bits per heavy atom. The monoisotopic (exact) mass is 339 g/mol. The molecule has 7 heteroatoms. The summed E-state index contributed by atoms with van der Waals surface area (Å²) in [6.45, 7) is 2.47. The van der Waals surface area contributed by atoms with Crippen molar-refractivity contribution in [3.63, 3.8) is 0 Å². The van der Waals surface area contributed by atoms with Crippen LogP contribution in [-0.4, -0.2) is 28.7 Å². The molecule has 0 aromatic heterocycles. The molecule has 0 aliphatic carbocycles. The van der Waals surface area contributed by atoms with Crippen molar-refractivity contribution in [1.29, 1.82) is 0 Å². The SMILES string of the molecule is COCCOc1ccc(S(=O)(=O)Nc2ccc(F)cc2C)cc1. The molecule has 0 saturated carbocycles. The highest BCUT2D eigenvalue weighted by atomic mass is 32.2. The largest absolute Gasteiger partial charge is 0.491 e. The predicted octanol–water partition coefficient (Wildman–Crippen LogP) is 2.96. The van der Waals surface area contributed by atoms with Gasteiger partial charge in [-0.2, -0.15) is 0 Å². The standard InChI is InChI=1S/C16H18FNO4S/c1-12-11-13(17)3-8-16(12)18-23(19,20)15-6-4-14(5-7-15)22-10-9-21-2/h3-8,11,18H,9-10H2,1-2H3. The van der Waals surface area contributed by atoms with Gasteiger partial charge in [0.1, 0.15) is 18.2 Å². The van der Waals surface area contributed by atoms with E-state index in [0.29, 0.717) is 30.2 Å². The normalized spacial score (nSPS) is 11.3. The molecule has 0 saturated heterocycles. The predicted molar refractivity (Wildman–Crippen MR) is 85.8 cm³/mol. The molecule has 0 atom stereocenters. The first-order chi connectivity index (χ1) is 10.9. The zero-order valence-electron chi connectivity index (χ0n) is 12.9. The van der Waals surface area contributed by atoms with E-state index in [9.17, 15) is 12.8 Å². The summed E-state index contributed by atoms with van der Waals surface area (Å²) in [5, 5.41) is 0. The molecular formula is C16H18FNO4S. The summed E-state index contributed by atoms with van der Waals surface area (Å²) in [5.41, 5.74) is 0.847. The maximum Gasteiger partial charge on any atom is 0.261 e. The van der Waals surface area contributed by atoms with E-state index in [0.717, 1.165) is 0 Å². The molecule has 124 valence electrons. The van der Waals surface area contributed by atoms with Crippen LogP contribution in [0.15, 0.2) is 47.4 Å². The number of benzene rings is 2. The third-order valence-electron chi connectivity index (χ3n) is 3.12. The highest BCUT2D eigenvalue weighted by Crippen LogP contribution is 2.22. The lowest BCUT2D eigenvalue weighted by Gasteiger charge is -2.11. The van der Waals surface area contributed by atoms with Gasteiger partial charge in [-0.1, -0.05) is 0 Å². The first kappa shape index (κ1) is 17.2. The number of nitrogens with one attached hydrogen (secondary N) is 1. The number of sulfonamides is 1. The van der Waals surface area contributed by atoms with Crippen molar-refractivity contribution in [3.8, 4) is 5.75 Å². The van der Waals surface area contributed by atoms with Crippen LogP contribution < -0.4 is 9.46 Å². The smallest absolute Gasteiger partial charge is 0.261 e. The van der Waals surface area contributed by atoms with Gasteiger partial charge in [0.15, 0.2) is 0 Å². The van der Waals surface area contributed by atoms with Crippen LogP contribution in [0.2, 0.25) is 0 Å². The molecule has 5 nitrogen and oxygen atoms in total. The summed E-state index contributed by atoms with van der Waals surface area (Å²) >= 11 is 0. The van der Waals surface area contributed by atoms with E-state index in [1.807, 2.05) is 0 Å². The Bertz CT molecular complexity index is 760. The zero-order chi connectivity index (χ0) is 16.9. The van der Waals surface area contributed by atoms with Crippen LogP contribution in [0.25, 0.3) is 0 Å². The van der Waals surface area contributed by atoms with Crippen molar-refractivity contribution >= 4 is 15.7 Å². The molecule has 2 aromatic carbocycles. The lowest BCUT2D eigenvalue weighted by atomic mass is 10.2. The molecule has 1 N–H and O–H groups in total. The van der Waals surface area contributed by atoms with Gasteiger partial charge in [-0.15, -0.1) is 0 Å². The molecule has 23 heavy (non-hydrogen) atoms. The lowest BCUT2D eigenvalue weighted by Crippen LogP contribution is -2.14. The lowest BCUT2D eigenvalue weighted by molar-refractivity contribution is 0.146. The zero-order valence-corrected chi connectivity index (χ0v) is 13.7. The maximum absolute atomic E-state index is 13.1. The van der Waals surface area contributed by atoms with Gasteiger partial charge in [0.05, 0.1) is 17.2 Å². The Kier molecular flexibility index (Phi) is 5.57. The van der Waals surface area contributed by atoms with E-state index in [1.54, 1.807) is 26.2 Å². The Labute approximate surface area is 135 Å². The fourth-order valence-electron chi connectivity index (χ4n) is 1.90. The van der Waals surface area contributed by atoms with Crippen LogP contribution in [0.1, 0.15) is 5.56 Å². The van der Waals surface area contributed by atoms with E-state index >= 15 is 0 Å². The third kappa shape index (κ3) is 4.67. The third-order valence-corrected chi connectivity index (χ3v) is 4.50. The number of ether oxygens (including phenoxy) is 2. The number of aryl methyl sites for hydroxylation is 1. The fraction of sp³-hybridized carbons (Fsp3) is 0.250. The van der Waals surface area contributed by atoms with Gasteiger partial charge in [-0.05, 0) is 55.0 Å². The number of rotatable bonds is 7. The van der Waals surface area contributed by atoms with E-state index < -0.39 is 15.8 Å². The molecule has 0 bridgehead atoms. The molecular weight excluding hydrogens is 321 g/mol. The molecule has 0 aliphatic rings. The average Bonchev–Trinajstić information content (AvgIpc) is 2.51. The van der Waals surface area contributed by atoms with Crippen LogP contribution in [0, 0.1) is 12.7 Å². The molecule has 0 aliphatic heterocycles. The topological polar surface area (TPSA) is 64.6 Å². The van der Waals surface area contributed by atoms with E-state index in [4.69, 9.17) is 9.47 Å². The van der Waals surface area contributed by atoms with Crippen molar-refractivity contribution in [1.82, 2.24) is 0 Å². The second-order valence-corrected chi connectivity index (χ2v) is 6.56. The van der Waals surface area contributed by atoms with Crippen molar-refractivity contribution in [2.24, 2.45) is 0 Å². The van der Waals surface area contributed by atoms with Crippen LogP contribution >= 0.6 is 0 Å². The molecule has 0 amide bonds. The first-order valence-electron chi connectivity index (χ1n) is 6.93. The highest BCUT2D eigenvalue weighted by molar-refractivity contribution is 7.92. The Morgan fingerprint density at radius 3 is 2.39 bits per heavy atom. The number of anilines is 1. The summed E-state index contributed by atoms with van der Waals surface area (Å²) in [6.07, 6.45) is 0. The van der Waals surface area contributed by atoms with Crippen molar-refractivity contribution in [2.75, 3.05) is 25.0 Å². The molecule has 2 rings (SSSR count). The minimum Gasteiger partial charge on any atom is -0.491 e. The molecule has 0 heterocycles. The van der Waals surface area contributed by atoms with Crippen molar-refractivity contribution < 1.29 is 22.3 Å². The van der Waals surface area contributed by atoms with Crippen LogP contribution in [-0.2, 0) is 14.8 Å². The second-order valence-electron chi connectivity index (χ2n) is 4.88. The first-order valence-corrected chi connectivity index (χ1v) is 8.41. The van der Waals surface area contributed by atoms with Gasteiger partial charge in [0.2, 0.25) is 0 Å². The van der Waals surface area contributed by atoms with Gasteiger partial charge in [0, 0.05) is 7.11 Å². The number of halogens is 1. The van der Waals surface area contributed by atoms with Gasteiger partial charge in [0.25, 0.3) is 10.0 Å². The summed E-state index contributed by atoms with van der Waals surface area (Å²) in [5.74, 6) is 0.141. The number of methoxy groups -OCH3 is 1. The molecule has 0 unspecified atom stereocenters. The van der Waals surface area contributed by atoms with Crippen LogP contribution in [0.5, 0.6) is 5.75 Å². The molecule has 0 spiro atoms. The van der Waals surface area contributed by atoms with Crippen LogP contribution in [0.4, 0.5) is 10.1 Å². The Morgan fingerprint density at radius 2 is 1.78 bits per heavy atom. The minimum absolute atomic E-state index is 0.0975. The van der Waals surface area contributed by atoms with Gasteiger partial charge < -0.3 is 9.47 Å². The maximum atomic E-state index is 13.1. The summed E-state index contributed by atoms with van der Waals surface area (Å²) < 4.78 is 50.5. The Balaban J connectivity index is 2.13. The van der Waals surface area contributed by atoms with E-state index in [-0.39, 0.29) is 4.90 Å². The molecule has 0 radical (unpaired) electrons. The fourth-order valence-corrected chi connectivity index (χ4v) is 3.03. The molecule has 2 aromatic rings. The highest BCUT2D eigenvalue weighted by Gasteiger charge is 2.15. The van der Waals surface area contributed by atoms with E-state index in [1.165, 1.54) is 30.3 Å². The molecule has 0 fully saturated rings. The van der Waals surface area contributed by atoms with Gasteiger partial charge in [-0.25, -0.2) is 12.8 Å². The Hall–Kier alpha value is -2.12. The number of hydrogen-bond donors (Lipinski definition) is 1. The second kappa shape index (κ2) is 7.43. The van der Waals surface area contributed by atoms with Gasteiger partial charge in [-0.3, -0.25) is 4.72 Å². The van der Waals surface area contributed by atoms with E-state index in [2.05, 4.69) is 4.72 Å². The minimum atomic E-state index is -3.74. The van der Waals surface area contributed by atoms with Gasteiger partial charge >= 0.3 is 0 Å². The van der Waals surface area contributed by atoms with Crippen molar-refractivity contribution in [3.05, 3.63) is 53.8 Å². The summed E-state index contributed by atoms with van der Waals surface area (Å²) in [4.78, 5) is 0.0975. The quantitative estimate of drug-likeness (QED) is 0.788. The summed E-state index contributed by atoms with van der Waals surface area (Å²) in [6, 6.07) is 9.91.